The molecule has 1 rings (SSSR count). The van der Waals surface area contributed by atoms with Crippen molar-refractivity contribution in [3.8, 4) is 11.5 Å². The molecule has 0 saturated heterocycles. The molecular formula is C12H18BrClNO2-. The van der Waals surface area contributed by atoms with Crippen molar-refractivity contribution in [1.29, 1.82) is 0 Å². The highest BCUT2D eigenvalue weighted by atomic mass is 79.9. The van der Waals surface area contributed by atoms with Gasteiger partial charge in [0.1, 0.15) is 0 Å². The largest absolute Gasteiger partial charge is 1.00 e. The first-order valence-electron chi connectivity index (χ1n) is 5.42. The number of hydrogen-bond acceptors (Lipinski definition) is 3. The Balaban J connectivity index is 0.00000256. The predicted molar refractivity (Wildman–Crippen MR) is 69.2 cm³/mol. The molecular weight excluding hydrogens is 305 g/mol. The molecule has 0 heterocycles. The summed E-state index contributed by atoms with van der Waals surface area (Å²) >= 11 is 3.47. The third-order valence-electron chi connectivity index (χ3n) is 2.17. The topological polar surface area (TPSA) is 30.5 Å². The van der Waals surface area contributed by atoms with Crippen LogP contribution in [0, 0.1) is 0 Å². The van der Waals surface area contributed by atoms with Crippen molar-refractivity contribution in [2.24, 2.45) is 0 Å². The number of rotatable bonds is 6. The van der Waals surface area contributed by atoms with Crippen molar-refractivity contribution in [2.45, 2.75) is 20.4 Å². The van der Waals surface area contributed by atoms with Crippen LogP contribution in [0.2, 0.25) is 0 Å². The molecule has 0 aliphatic carbocycles. The number of methoxy groups -OCH3 is 1. The molecule has 0 spiro atoms. The first kappa shape index (κ1) is 16.6. The minimum absolute atomic E-state index is 0. The van der Waals surface area contributed by atoms with E-state index in [0.29, 0.717) is 6.61 Å². The molecule has 0 unspecified atom stereocenters. The van der Waals surface area contributed by atoms with E-state index in [-0.39, 0.29) is 12.4 Å². The highest BCUT2D eigenvalue weighted by molar-refractivity contribution is 9.10. The fourth-order valence-electron chi connectivity index (χ4n) is 1.47. The van der Waals surface area contributed by atoms with Gasteiger partial charge in [-0.1, -0.05) is 22.9 Å². The molecule has 0 aromatic heterocycles. The maximum absolute atomic E-state index is 5.63. The maximum atomic E-state index is 5.63. The van der Waals surface area contributed by atoms with Gasteiger partial charge in [-0.15, -0.1) is 0 Å². The van der Waals surface area contributed by atoms with Gasteiger partial charge in [-0.3, -0.25) is 0 Å². The summed E-state index contributed by atoms with van der Waals surface area (Å²) in [6, 6.07) is 3.97. The van der Waals surface area contributed by atoms with E-state index < -0.39 is 0 Å². The average Bonchev–Trinajstić information content (AvgIpc) is 2.29. The second-order valence-electron chi connectivity index (χ2n) is 3.31. The van der Waals surface area contributed by atoms with Crippen LogP contribution in [-0.2, 0) is 6.54 Å². The van der Waals surface area contributed by atoms with Gasteiger partial charge in [-0.25, -0.2) is 0 Å². The second kappa shape index (κ2) is 8.61. The van der Waals surface area contributed by atoms with Crippen LogP contribution in [0.5, 0.6) is 11.5 Å². The highest BCUT2D eigenvalue weighted by Gasteiger charge is 2.11. The Hall–Kier alpha value is -0.450. The van der Waals surface area contributed by atoms with Crippen molar-refractivity contribution < 1.29 is 21.9 Å². The molecule has 17 heavy (non-hydrogen) atoms. The molecule has 1 N–H and O–H groups in total. The minimum atomic E-state index is 0. The van der Waals surface area contributed by atoms with Gasteiger partial charge in [0.05, 0.1) is 13.7 Å². The SMILES string of the molecule is CCNCc1cc(Br)cc(OC)c1OCC.[Cl-]. The molecule has 0 aliphatic heterocycles. The molecule has 0 bridgehead atoms. The van der Waals surface area contributed by atoms with Gasteiger partial charge in [0.25, 0.3) is 0 Å². The first-order valence-corrected chi connectivity index (χ1v) is 6.22. The molecule has 1 aromatic rings. The van der Waals surface area contributed by atoms with Gasteiger partial charge < -0.3 is 27.2 Å². The fourth-order valence-corrected chi connectivity index (χ4v) is 1.96. The van der Waals surface area contributed by atoms with E-state index in [1.165, 1.54) is 0 Å². The van der Waals surface area contributed by atoms with Crippen LogP contribution in [0.1, 0.15) is 19.4 Å². The number of ether oxygens (including phenoxy) is 2. The molecule has 0 aliphatic rings. The lowest BCUT2D eigenvalue weighted by atomic mass is 10.2. The van der Waals surface area contributed by atoms with Crippen molar-refractivity contribution in [2.75, 3.05) is 20.3 Å². The Labute approximate surface area is 117 Å². The van der Waals surface area contributed by atoms with Crippen molar-refractivity contribution in [3.05, 3.63) is 22.2 Å². The number of halogens is 2. The Bertz CT molecular complexity index is 348. The summed E-state index contributed by atoms with van der Waals surface area (Å²) in [4.78, 5) is 0. The Morgan fingerprint density at radius 3 is 2.53 bits per heavy atom. The Kier molecular flexibility index (Phi) is 8.39. The first-order chi connectivity index (χ1) is 7.72. The zero-order valence-corrected chi connectivity index (χ0v) is 12.7. The Morgan fingerprint density at radius 1 is 1.29 bits per heavy atom. The molecule has 0 saturated carbocycles. The molecule has 1 aromatic carbocycles. The van der Waals surface area contributed by atoms with Gasteiger partial charge in [-0.2, -0.15) is 0 Å². The van der Waals surface area contributed by atoms with Crippen LogP contribution in [0.15, 0.2) is 16.6 Å². The zero-order valence-electron chi connectivity index (χ0n) is 10.3. The standard InChI is InChI=1S/C12H18BrNO2.ClH/c1-4-14-8-9-6-10(13)7-11(15-3)12(9)16-5-2;/h6-7,14H,4-5,8H2,1-3H3;1H/p-1. The van der Waals surface area contributed by atoms with Gasteiger partial charge in [0.2, 0.25) is 0 Å². The summed E-state index contributed by atoms with van der Waals surface area (Å²) in [7, 11) is 1.65. The number of hydrogen-bond donors (Lipinski definition) is 1. The maximum Gasteiger partial charge on any atom is 0.165 e. The monoisotopic (exact) mass is 322 g/mol. The van der Waals surface area contributed by atoms with Gasteiger partial charge in [-0.05, 0) is 25.6 Å². The van der Waals surface area contributed by atoms with Crippen LogP contribution in [-0.4, -0.2) is 20.3 Å². The predicted octanol–water partition coefficient (Wildman–Crippen LogP) is -0.0301. The molecule has 0 radical (unpaired) electrons. The zero-order chi connectivity index (χ0) is 12.0. The van der Waals surface area contributed by atoms with Gasteiger partial charge in [0.15, 0.2) is 11.5 Å². The Morgan fingerprint density at radius 2 is 2.00 bits per heavy atom. The van der Waals surface area contributed by atoms with Crippen LogP contribution in [0.4, 0.5) is 0 Å². The van der Waals surface area contributed by atoms with E-state index in [1.54, 1.807) is 7.11 Å². The van der Waals surface area contributed by atoms with Crippen LogP contribution in [0.3, 0.4) is 0 Å². The summed E-state index contributed by atoms with van der Waals surface area (Å²) in [5.41, 5.74) is 1.11. The normalized spacial score (nSPS) is 9.65. The van der Waals surface area contributed by atoms with Crippen molar-refractivity contribution in [1.82, 2.24) is 5.32 Å². The van der Waals surface area contributed by atoms with Crippen molar-refractivity contribution >= 4 is 15.9 Å². The number of benzene rings is 1. The van der Waals surface area contributed by atoms with Gasteiger partial charge in [0, 0.05) is 16.6 Å². The van der Waals surface area contributed by atoms with E-state index in [2.05, 4.69) is 34.2 Å². The van der Waals surface area contributed by atoms with Crippen LogP contribution in [0.25, 0.3) is 0 Å². The third kappa shape index (κ3) is 4.74. The van der Waals surface area contributed by atoms with E-state index in [1.807, 2.05) is 13.0 Å². The molecule has 3 nitrogen and oxygen atoms in total. The fraction of sp³-hybridized carbons (Fsp3) is 0.500. The molecule has 5 heteroatoms. The van der Waals surface area contributed by atoms with Crippen LogP contribution < -0.4 is 27.2 Å². The van der Waals surface area contributed by atoms with E-state index >= 15 is 0 Å². The smallest absolute Gasteiger partial charge is 0.165 e. The summed E-state index contributed by atoms with van der Waals surface area (Å²) in [6.07, 6.45) is 0. The quantitative estimate of drug-likeness (QED) is 0.797. The average molecular weight is 324 g/mol. The molecule has 0 fully saturated rings. The summed E-state index contributed by atoms with van der Waals surface area (Å²) < 4.78 is 11.9. The minimum Gasteiger partial charge on any atom is -1.00 e. The number of nitrogens with one attached hydrogen (secondary N) is 1. The lowest BCUT2D eigenvalue weighted by Gasteiger charge is -2.15. The van der Waals surface area contributed by atoms with E-state index in [0.717, 1.165) is 34.6 Å². The molecule has 0 amide bonds. The highest BCUT2D eigenvalue weighted by Crippen LogP contribution is 2.34. The van der Waals surface area contributed by atoms with Gasteiger partial charge >= 0.3 is 0 Å². The second-order valence-corrected chi connectivity index (χ2v) is 4.23. The summed E-state index contributed by atoms with van der Waals surface area (Å²) in [5, 5.41) is 3.29. The molecule has 98 valence electrons. The lowest BCUT2D eigenvalue weighted by molar-refractivity contribution is -0.00000404. The van der Waals surface area contributed by atoms with E-state index in [4.69, 9.17) is 9.47 Å². The summed E-state index contributed by atoms with van der Waals surface area (Å²) in [6.45, 7) is 6.40. The van der Waals surface area contributed by atoms with E-state index in [9.17, 15) is 0 Å². The third-order valence-corrected chi connectivity index (χ3v) is 2.63. The van der Waals surface area contributed by atoms with Crippen LogP contribution >= 0.6 is 15.9 Å². The summed E-state index contributed by atoms with van der Waals surface area (Å²) in [5.74, 6) is 1.60. The van der Waals surface area contributed by atoms with Crippen molar-refractivity contribution in [3.63, 3.8) is 0 Å². The molecule has 0 atom stereocenters. The lowest BCUT2D eigenvalue weighted by Crippen LogP contribution is -3.00.